The predicted molar refractivity (Wildman–Crippen MR) is 95.1 cm³/mol. The number of ether oxygens (including phenoxy) is 1. The fourth-order valence-corrected chi connectivity index (χ4v) is 2.68. The van der Waals surface area contributed by atoms with E-state index in [9.17, 15) is 0 Å². The van der Waals surface area contributed by atoms with E-state index in [0.717, 1.165) is 44.0 Å². The molecule has 2 unspecified atom stereocenters. The molecule has 0 radical (unpaired) electrons. The Kier molecular flexibility index (Phi) is 6.53. The molecular weight excluding hydrogens is 302 g/mol. The van der Waals surface area contributed by atoms with Crippen LogP contribution in [0.3, 0.4) is 0 Å². The maximum Gasteiger partial charge on any atom is 0.0632 e. The van der Waals surface area contributed by atoms with Gasteiger partial charge in [-0.15, -0.1) is 0 Å². The number of pyridine rings is 2. The molecule has 1 aliphatic heterocycles. The molecule has 1 fully saturated rings. The number of nitrogens with zero attached hydrogens (tertiary/aromatic N) is 2. The van der Waals surface area contributed by atoms with Crippen LogP contribution in [0.25, 0.3) is 0 Å². The van der Waals surface area contributed by atoms with Gasteiger partial charge in [0.2, 0.25) is 0 Å². The van der Waals surface area contributed by atoms with Crippen LogP contribution in [0, 0.1) is 0 Å². The Morgan fingerprint density at radius 2 is 2.00 bits per heavy atom. The molecule has 0 bridgehead atoms. The van der Waals surface area contributed by atoms with Crippen LogP contribution in [0.4, 0.5) is 5.69 Å². The highest BCUT2D eigenvalue weighted by Crippen LogP contribution is 2.03. The number of piperazine rings is 1. The van der Waals surface area contributed by atoms with Crippen molar-refractivity contribution in [3.8, 4) is 0 Å². The standard InChI is InChI=1S/C18H25N5O/c1-2-8-20-15(4-1)6-9-24-14-18-13-22-17(12-23-18)11-21-16-5-3-7-19-10-16/h1-5,7-8,10,17-18,21-23H,6,9,11-14H2. The molecule has 6 nitrogen and oxygen atoms in total. The fourth-order valence-electron chi connectivity index (χ4n) is 2.68. The van der Waals surface area contributed by atoms with Gasteiger partial charge in [-0.2, -0.15) is 0 Å². The SMILES string of the molecule is c1ccc(CCOCC2CNC(CNc3cccnc3)CN2)nc1. The predicted octanol–water partition coefficient (Wildman–Crippen LogP) is 1.08. The van der Waals surface area contributed by atoms with Crippen LogP contribution >= 0.6 is 0 Å². The smallest absolute Gasteiger partial charge is 0.0632 e. The number of rotatable bonds is 8. The van der Waals surface area contributed by atoms with Crippen LogP contribution in [0.15, 0.2) is 48.9 Å². The zero-order chi connectivity index (χ0) is 16.5. The molecule has 2 aromatic rings. The monoisotopic (exact) mass is 327 g/mol. The summed E-state index contributed by atoms with van der Waals surface area (Å²) in [6.07, 6.45) is 6.30. The van der Waals surface area contributed by atoms with Gasteiger partial charge in [0.25, 0.3) is 0 Å². The Hall–Kier alpha value is -2.02. The van der Waals surface area contributed by atoms with Crippen LogP contribution in [-0.2, 0) is 11.2 Å². The molecule has 0 aliphatic carbocycles. The first kappa shape index (κ1) is 16.8. The highest BCUT2D eigenvalue weighted by atomic mass is 16.5. The average molecular weight is 327 g/mol. The summed E-state index contributed by atoms with van der Waals surface area (Å²) in [5.74, 6) is 0. The number of nitrogens with one attached hydrogen (secondary N) is 3. The fraction of sp³-hybridized carbons (Fsp3) is 0.444. The summed E-state index contributed by atoms with van der Waals surface area (Å²) in [6.45, 7) is 4.17. The normalized spacial score (nSPS) is 20.7. The van der Waals surface area contributed by atoms with Crippen LogP contribution in [0.5, 0.6) is 0 Å². The summed E-state index contributed by atoms with van der Waals surface area (Å²) < 4.78 is 5.78. The lowest BCUT2D eigenvalue weighted by molar-refractivity contribution is 0.105. The summed E-state index contributed by atoms with van der Waals surface area (Å²) in [5.41, 5.74) is 2.13. The highest BCUT2D eigenvalue weighted by molar-refractivity contribution is 5.39. The topological polar surface area (TPSA) is 71.1 Å². The Labute approximate surface area is 143 Å². The number of aromatic nitrogens is 2. The van der Waals surface area contributed by atoms with Crippen molar-refractivity contribution in [1.29, 1.82) is 0 Å². The third-order valence-electron chi connectivity index (χ3n) is 4.07. The molecule has 0 amide bonds. The van der Waals surface area contributed by atoms with Gasteiger partial charge in [0.15, 0.2) is 0 Å². The molecule has 0 spiro atoms. The molecule has 1 saturated heterocycles. The Morgan fingerprint density at radius 1 is 1.08 bits per heavy atom. The second-order valence-corrected chi connectivity index (χ2v) is 5.98. The van der Waals surface area contributed by atoms with Gasteiger partial charge in [-0.05, 0) is 24.3 Å². The Morgan fingerprint density at radius 3 is 2.75 bits per heavy atom. The van der Waals surface area contributed by atoms with E-state index in [2.05, 4.69) is 25.9 Å². The zero-order valence-corrected chi connectivity index (χ0v) is 13.8. The summed E-state index contributed by atoms with van der Waals surface area (Å²) in [6, 6.07) is 10.7. The van der Waals surface area contributed by atoms with Gasteiger partial charge in [0.05, 0.1) is 18.9 Å². The van der Waals surface area contributed by atoms with E-state index in [0.29, 0.717) is 18.7 Å². The maximum absolute atomic E-state index is 5.78. The number of anilines is 1. The van der Waals surface area contributed by atoms with Crippen LogP contribution in [-0.4, -0.2) is 54.9 Å². The molecule has 3 rings (SSSR count). The lowest BCUT2D eigenvalue weighted by Crippen LogP contribution is -2.57. The van der Waals surface area contributed by atoms with Gasteiger partial charge in [0, 0.05) is 62.4 Å². The lowest BCUT2D eigenvalue weighted by atomic mass is 10.1. The van der Waals surface area contributed by atoms with Crippen molar-refractivity contribution in [2.24, 2.45) is 0 Å². The molecule has 6 heteroatoms. The first-order valence-corrected chi connectivity index (χ1v) is 8.48. The third kappa shape index (κ3) is 5.56. The molecular formula is C18H25N5O. The molecule has 0 saturated carbocycles. The largest absolute Gasteiger partial charge is 0.382 e. The third-order valence-corrected chi connectivity index (χ3v) is 4.07. The van der Waals surface area contributed by atoms with Gasteiger partial charge in [-0.1, -0.05) is 6.07 Å². The van der Waals surface area contributed by atoms with Crippen molar-refractivity contribution in [2.45, 2.75) is 18.5 Å². The van der Waals surface area contributed by atoms with Gasteiger partial charge in [0.1, 0.15) is 0 Å². The summed E-state index contributed by atoms with van der Waals surface area (Å²) in [7, 11) is 0. The van der Waals surface area contributed by atoms with E-state index >= 15 is 0 Å². The van der Waals surface area contributed by atoms with Crippen molar-refractivity contribution in [3.05, 3.63) is 54.6 Å². The zero-order valence-electron chi connectivity index (χ0n) is 13.8. The quantitative estimate of drug-likeness (QED) is 0.630. The van der Waals surface area contributed by atoms with Crippen molar-refractivity contribution in [1.82, 2.24) is 20.6 Å². The molecule has 24 heavy (non-hydrogen) atoms. The van der Waals surface area contributed by atoms with Crippen molar-refractivity contribution < 1.29 is 4.74 Å². The molecule has 2 aromatic heterocycles. The van der Waals surface area contributed by atoms with E-state index in [-0.39, 0.29) is 0 Å². The minimum atomic E-state index is 0.364. The van der Waals surface area contributed by atoms with Crippen molar-refractivity contribution in [3.63, 3.8) is 0 Å². The second kappa shape index (κ2) is 9.32. The molecule has 0 aromatic carbocycles. The van der Waals surface area contributed by atoms with Gasteiger partial charge in [-0.3, -0.25) is 9.97 Å². The summed E-state index contributed by atoms with van der Waals surface area (Å²) in [4.78, 5) is 8.40. The van der Waals surface area contributed by atoms with Crippen LogP contribution in [0.1, 0.15) is 5.69 Å². The summed E-state index contributed by atoms with van der Waals surface area (Å²) in [5, 5.41) is 10.5. The van der Waals surface area contributed by atoms with E-state index in [1.165, 1.54) is 0 Å². The second-order valence-electron chi connectivity index (χ2n) is 5.98. The number of hydrogen-bond donors (Lipinski definition) is 3. The average Bonchev–Trinajstić information content (AvgIpc) is 2.66. The highest BCUT2D eigenvalue weighted by Gasteiger charge is 2.19. The van der Waals surface area contributed by atoms with E-state index in [1.807, 2.05) is 42.7 Å². The van der Waals surface area contributed by atoms with E-state index in [4.69, 9.17) is 4.74 Å². The first-order valence-electron chi connectivity index (χ1n) is 8.48. The Balaban J connectivity index is 1.27. The molecule has 2 atom stereocenters. The summed E-state index contributed by atoms with van der Waals surface area (Å²) >= 11 is 0. The van der Waals surface area contributed by atoms with Gasteiger partial charge >= 0.3 is 0 Å². The van der Waals surface area contributed by atoms with Crippen LogP contribution < -0.4 is 16.0 Å². The molecule has 3 heterocycles. The van der Waals surface area contributed by atoms with Gasteiger partial charge in [-0.25, -0.2) is 0 Å². The minimum Gasteiger partial charge on any atom is -0.382 e. The maximum atomic E-state index is 5.78. The molecule has 1 aliphatic rings. The number of hydrogen-bond acceptors (Lipinski definition) is 6. The molecule has 3 N–H and O–H groups in total. The minimum absolute atomic E-state index is 0.364. The Bertz CT molecular complexity index is 572. The van der Waals surface area contributed by atoms with E-state index < -0.39 is 0 Å². The van der Waals surface area contributed by atoms with Gasteiger partial charge < -0.3 is 20.7 Å². The van der Waals surface area contributed by atoms with E-state index in [1.54, 1.807) is 6.20 Å². The first-order chi connectivity index (χ1) is 11.9. The van der Waals surface area contributed by atoms with Crippen LogP contribution in [0.2, 0.25) is 0 Å². The van der Waals surface area contributed by atoms with Crippen molar-refractivity contribution >= 4 is 5.69 Å². The lowest BCUT2D eigenvalue weighted by Gasteiger charge is -2.31. The van der Waals surface area contributed by atoms with Crippen molar-refractivity contribution in [2.75, 3.05) is 38.2 Å². The molecule has 128 valence electrons.